The maximum Gasteiger partial charge on any atom is 0.164 e. The largest absolute Gasteiger partial charge is 0.382 e. The van der Waals surface area contributed by atoms with E-state index in [1.807, 2.05) is 0 Å². The van der Waals surface area contributed by atoms with E-state index in [2.05, 4.69) is 6.92 Å². The highest BCUT2D eigenvalue weighted by Gasteiger charge is 2.35. The predicted molar refractivity (Wildman–Crippen MR) is 89.5 cm³/mol. The van der Waals surface area contributed by atoms with Crippen molar-refractivity contribution in [1.82, 2.24) is 0 Å². The summed E-state index contributed by atoms with van der Waals surface area (Å²) in [6, 6.07) is 0. The molecule has 0 heterocycles. The number of aliphatic hydroxyl groups is 1. The molecule has 0 amide bonds. The lowest BCUT2D eigenvalue weighted by Gasteiger charge is -2.30. The third kappa shape index (κ3) is 7.99. The van der Waals surface area contributed by atoms with Gasteiger partial charge in [0.05, 0.1) is 0 Å². The van der Waals surface area contributed by atoms with Gasteiger partial charge in [-0.1, -0.05) is 84.0 Å². The van der Waals surface area contributed by atoms with Crippen LogP contribution in [0.15, 0.2) is 0 Å². The van der Waals surface area contributed by atoms with Gasteiger partial charge in [0.15, 0.2) is 5.78 Å². The van der Waals surface area contributed by atoms with Gasteiger partial charge in [-0.25, -0.2) is 0 Å². The van der Waals surface area contributed by atoms with Crippen LogP contribution < -0.4 is 0 Å². The third-order valence-corrected chi connectivity index (χ3v) is 4.96. The average molecular weight is 296 g/mol. The molecular weight excluding hydrogens is 260 g/mol. The second kappa shape index (κ2) is 11.2. The van der Waals surface area contributed by atoms with Crippen molar-refractivity contribution in [3.05, 3.63) is 0 Å². The Balaban J connectivity index is 1.93. The van der Waals surface area contributed by atoms with Crippen LogP contribution in [-0.2, 0) is 4.79 Å². The van der Waals surface area contributed by atoms with Crippen molar-refractivity contribution >= 4 is 5.78 Å². The van der Waals surface area contributed by atoms with Gasteiger partial charge in [0.25, 0.3) is 0 Å². The van der Waals surface area contributed by atoms with E-state index in [0.29, 0.717) is 19.3 Å². The van der Waals surface area contributed by atoms with Crippen LogP contribution in [0.3, 0.4) is 0 Å². The molecule has 0 saturated heterocycles. The molecule has 0 bridgehead atoms. The zero-order valence-electron chi connectivity index (χ0n) is 14.2. The summed E-state index contributed by atoms with van der Waals surface area (Å²) >= 11 is 0. The zero-order valence-corrected chi connectivity index (χ0v) is 14.2. The van der Waals surface area contributed by atoms with Crippen LogP contribution in [0.25, 0.3) is 0 Å². The molecule has 1 saturated carbocycles. The molecule has 2 heteroatoms. The maximum atomic E-state index is 12.1. The molecule has 1 N–H and O–H groups in total. The SMILES string of the molecule is CCCCCCCCCCCCC(=O)C1(O)CCCCC1. The highest BCUT2D eigenvalue weighted by atomic mass is 16.3. The number of hydrogen-bond acceptors (Lipinski definition) is 2. The summed E-state index contributed by atoms with van der Waals surface area (Å²) in [6.45, 7) is 2.26. The molecular formula is C19H36O2. The van der Waals surface area contributed by atoms with Crippen LogP contribution >= 0.6 is 0 Å². The van der Waals surface area contributed by atoms with Crippen LogP contribution in [0.5, 0.6) is 0 Å². The lowest BCUT2D eigenvalue weighted by Crippen LogP contribution is -2.40. The number of carbonyl (C=O) groups excluding carboxylic acids is 1. The average Bonchev–Trinajstić information content (AvgIpc) is 2.49. The number of unbranched alkanes of at least 4 members (excludes halogenated alkanes) is 9. The van der Waals surface area contributed by atoms with Gasteiger partial charge in [0, 0.05) is 6.42 Å². The Kier molecular flexibility index (Phi) is 9.99. The predicted octanol–water partition coefficient (Wildman–Crippen LogP) is 5.56. The van der Waals surface area contributed by atoms with Crippen molar-refractivity contribution in [3.63, 3.8) is 0 Å². The number of hydrogen-bond donors (Lipinski definition) is 1. The monoisotopic (exact) mass is 296 g/mol. The number of ketones is 1. The van der Waals surface area contributed by atoms with E-state index < -0.39 is 5.60 Å². The van der Waals surface area contributed by atoms with Crippen LogP contribution in [0, 0.1) is 0 Å². The van der Waals surface area contributed by atoms with E-state index in [4.69, 9.17) is 0 Å². The van der Waals surface area contributed by atoms with Crippen molar-refractivity contribution in [3.8, 4) is 0 Å². The summed E-state index contributed by atoms with van der Waals surface area (Å²) in [6.07, 6.45) is 18.1. The van der Waals surface area contributed by atoms with E-state index in [0.717, 1.165) is 25.7 Å². The summed E-state index contributed by atoms with van der Waals surface area (Å²) in [7, 11) is 0. The Hall–Kier alpha value is -0.370. The Labute approximate surface area is 131 Å². The molecule has 0 aromatic carbocycles. The molecule has 21 heavy (non-hydrogen) atoms. The molecule has 0 unspecified atom stereocenters. The molecule has 0 aromatic rings. The molecule has 1 aliphatic carbocycles. The van der Waals surface area contributed by atoms with Crippen molar-refractivity contribution < 1.29 is 9.90 Å². The summed E-state index contributed by atoms with van der Waals surface area (Å²) in [5.41, 5.74) is -0.961. The molecule has 0 aliphatic heterocycles. The second-order valence-corrected chi connectivity index (χ2v) is 6.95. The minimum absolute atomic E-state index is 0.113. The fourth-order valence-corrected chi connectivity index (χ4v) is 3.42. The van der Waals surface area contributed by atoms with Gasteiger partial charge >= 0.3 is 0 Å². The van der Waals surface area contributed by atoms with Gasteiger partial charge in [-0.3, -0.25) is 4.79 Å². The topological polar surface area (TPSA) is 37.3 Å². The first kappa shape index (κ1) is 18.7. The first-order chi connectivity index (χ1) is 10.2. The van der Waals surface area contributed by atoms with Crippen molar-refractivity contribution in [1.29, 1.82) is 0 Å². The smallest absolute Gasteiger partial charge is 0.164 e. The van der Waals surface area contributed by atoms with Gasteiger partial charge in [-0.2, -0.15) is 0 Å². The van der Waals surface area contributed by atoms with Crippen molar-refractivity contribution in [2.24, 2.45) is 0 Å². The Bertz CT molecular complexity index is 267. The molecule has 0 spiro atoms. The third-order valence-electron chi connectivity index (χ3n) is 4.96. The molecule has 1 aliphatic rings. The number of carbonyl (C=O) groups is 1. The summed E-state index contributed by atoms with van der Waals surface area (Å²) in [5, 5.41) is 10.3. The van der Waals surface area contributed by atoms with Crippen LogP contribution in [0.1, 0.15) is 110 Å². The summed E-state index contributed by atoms with van der Waals surface area (Å²) in [5.74, 6) is 0.113. The standard InChI is InChI=1S/C19H36O2/c1-2-3-4-5-6-7-8-9-10-12-15-18(20)19(21)16-13-11-14-17-19/h21H,2-17H2,1H3. The normalized spacial score (nSPS) is 17.8. The van der Waals surface area contributed by atoms with Gasteiger partial charge in [0.1, 0.15) is 5.60 Å². The van der Waals surface area contributed by atoms with Crippen molar-refractivity contribution in [2.45, 2.75) is 115 Å². The first-order valence-electron chi connectivity index (χ1n) is 9.45. The lowest BCUT2D eigenvalue weighted by molar-refractivity contribution is -0.140. The highest BCUT2D eigenvalue weighted by molar-refractivity contribution is 5.87. The summed E-state index contributed by atoms with van der Waals surface area (Å²) in [4.78, 5) is 12.1. The second-order valence-electron chi connectivity index (χ2n) is 6.95. The Morgan fingerprint density at radius 3 is 1.81 bits per heavy atom. The van der Waals surface area contributed by atoms with Crippen molar-refractivity contribution in [2.75, 3.05) is 0 Å². The van der Waals surface area contributed by atoms with Gasteiger partial charge < -0.3 is 5.11 Å². The van der Waals surface area contributed by atoms with Gasteiger partial charge in [-0.05, 0) is 19.3 Å². The fourth-order valence-electron chi connectivity index (χ4n) is 3.42. The van der Waals surface area contributed by atoms with Gasteiger partial charge in [-0.15, -0.1) is 0 Å². The van der Waals surface area contributed by atoms with E-state index >= 15 is 0 Å². The molecule has 0 aromatic heterocycles. The van der Waals surface area contributed by atoms with E-state index in [9.17, 15) is 9.90 Å². The van der Waals surface area contributed by atoms with Crippen LogP contribution in [0.2, 0.25) is 0 Å². The lowest BCUT2D eigenvalue weighted by atomic mass is 9.80. The van der Waals surface area contributed by atoms with E-state index in [1.165, 1.54) is 57.8 Å². The minimum atomic E-state index is -0.961. The summed E-state index contributed by atoms with van der Waals surface area (Å²) < 4.78 is 0. The van der Waals surface area contributed by atoms with Crippen LogP contribution in [0.4, 0.5) is 0 Å². The number of rotatable bonds is 12. The minimum Gasteiger partial charge on any atom is -0.382 e. The highest BCUT2D eigenvalue weighted by Crippen LogP contribution is 2.30. The molecule has 0 atom stereocenters. The Morgan fingerprint density at radius 2 is 1.29 bits per heavy atom. The molecule has 124 valence electrons. The number of Topliss-reactive ketones (excluding diaryl/α,β-unsaturated/α-hetero) is 1. The van der Waals surface area contributed by atoms with Gasteiger partial charge in [0.2, 0.25) is 0 Å². The van der Waals surface area contributed by atoms with E-state index in [-0.39, 0.29) is 5.78 Å². The maximum absolute atomic E-state index is 12.1. The molecule has 0 radical (unpaired) electrons. The van der Waals surface area contributed by atoms with E-state index in [1.54, 1.807) is 0 Å². The molecule has 2 nitrogen and oxygen atoms in total. The fraction of sp³-hybridized carbons (Fsp3) is 0.947. The molecule has 1 fully saturated rings. The molecule has 1 rings (SSSR count). The quantitative estimate of drug-likeness (QED) is 0.479. The zero-order chi connectivity index (χ0) is 15.4. The Morgan fingerprint density at radius 1 is 0.810 bits per heavy atom. The van der Waals surface area contributed by atoms with Crippen LogP contribution in [-0.4, -0.2) is 16.5 Å². The first-order valence-corrected chi connectivity index (χ1v) is 9.45.